The summed E-state index contributed by atoms with van der Waals surface area (Å²) in [5.41, 5.74) is 0.755. The third kappa shape index (κ3) is 3.32. The number of rotatable bonds is 4. The van der Waals surface area contributed by atoms with Gasteiger partial charge in [0.15, 0.2) is 0 Å². The van der Waals surface area contributed by atoms with Crippen molar-refractivity contribution in [3.63, 3.8) is 0 Å². The van der Waals surface area contributed by atoms with E-state index in [-0.39, 0.29) is 23.5 Å². The summed E-state index contributed by atoms with van der Waals surface area (Å²) in [6.07, 6.45) is 2.35. The number of nitrogens with one attached hydrogen (secondary N) is 1. The average molecular weight is 330 g/mol. The van der Waals surface area contributed by atoms with Gasteiger partial charge >= 0.3 is 0 Å². The zero-order chi connectivity index (χ0) is 17.1. The summed E-state index contributed by atoms with van der Waals surface area (Å²) in [5, 5.41) is 2.86. The number of furan rings is 1. The maximum Gasteiger partial charge on any atom is 0.225 e. The molecule has 1 fully saturated rings. The standard InChI is InChI=1S/C18H19FN2O3/c1-21-16(22)9-8-15(17(21)12-4-6-13(19)7-5-12)18(23)20-11-14-3-2-10-24-14/h2-7,10,15,17H,8-9,11H2,1H3,(H,20,23)/t15-,17+/m0/s1. The van der Waals surface area contributed by atoms with Crippen molar-refractivity contribution in [2.45, 2.75) is 25.4 Å². The summed E-state index contributed by atoms with van der Waals surface area (Å²) in [6.45, 7) is 0.302. The fourth-order valence-electron chi connectivity index (χ4n) is 3.15. The number of halogens is 1. The van der Waals surface area contributed by atoms with Crippen molar-refractivity contribution in [2.24, 2.45) is 5.92 Å². The molecule has 2 atom stereocenters. The first-order valence-corrected chi connectivity index (χ1v) is 7.87. The molecule has 1 aromatic heterocycles. The van der Waals surface area contributed by atoms with Gasteiger partial charge in [0.05, 0.1) is 24.8 Å². The molecule has 0 spiro atoms. The number of hydrogen-bond donors (Lipinski definition) is 1. The van der Waals surface area contributed by atoms with Crippen LogP contribution in [0.25, 0.3) is 0 Å². The van der Waals surface area contributed by atoms with E-state index in [1.165, 1.54) is 12.1 Å². The first kappa shape index (κ1) is 16.2. The van der Waals surface area contributed by atoms with Crippen molar-refractivity contribution in [1.82, 2.24) is 10.2 Å². The van der Waals surface area contributed by atoms with E-state index >= 15 is 0 Å². The second-order valence-corrected chi connectivity index (χ2v) is 5.94. The molecule has 0 unspecified atom stereocenters. The number of nitrogens with zero attached hydrogens (tertiary/aromatic N) is 1. The Balaban J connectivity index is 1.79. The Morgan fingerprint density at radius 2 is 2.08 bits per heavy atom. The Bertz CT molecular complexity index is 712. The first-order chi connectivity index (χ1) is 11.6. The predicted octanol–water partition coefficient (Wildman–Crippen LogP) is 2.64. The minimum Gasteiger partial charge on any atom is -0.467 e. The third-order valence-corrected chi connectivity index (χ3v) is 4.43. The van der Waals surface area contributed by atoms with Crippen LogP contribution in [0.4, 0.5) is 4.39 Å². The van der Waals surface area contributed by atoms with E-state index in [0.29, 0.717) is 25.1 Å². The Labute approximate surface area is 139 Å². The van der Waals surface area contributed by atoms with E-state index in [9.17, 15) is 14.0 Å². The maximum atomic E-state index is 13.2. The van der Waals surface area contributed by atoms with Gasteiger partial charge in [0.25, 0.3) is 0 Å². The molecule has 0 radical (unpaired) electrons. The largest absolute Gasteiger partial charge is 0.467 e. The number of carbonyl (C=O) groups is 2. The molecule has 2 aromatic rings. The third-order valence-electron chi connectivity index (χ3n) is 4.43. The summed E-state index contributed by atoms with van der Waals surface area (Å²) < 4.78 is 18.4. The minimum absolute atomic E-state index is 0.0144. The molecule has 1 aliphatic rings. The Kier molecular flexibility index (Phi) is 4.64. The number of benzene rings is 1. The molecule has 2 amide bonds. The SMILES string of the molecule is CN1C(=O)CC[C@H](C(=O)NCc2ccco2)[C@H]1c1ccc(F)cc1. The molecule has 3 rings (SSSR count). The lowest BCUT2D eigenvalue weighted by atomic mass is 9.84. The average Bonchev–Trinajstić information content (AvgIpc) is 3.09. The van der Waals surface area contributed by atoms with Crippen LogP contribution in [0.15, 0.2) is 47.1 Å². The Hall–Kier alpha value is -2.63. The fraction of sp³-hybridized carbons (Fsp3) is 0.333. The maximum absolute atomic E-state index is 13.2. The molecule has 0 saturated carbocycles. The van der Waals surface area contributed by atoms with Crippen molar-refractivity contribution < 1.29 is 18.4 Å². The molecular formula is C18H19FN2O3. The molecule has 1 aliphatic heterocycles. The molecule has 0 bridgehead atoms. The second kappa shape index (κ2) is 6.86. The van der Waals surface area contributed by atoms with Gasteiger partial charge in [-0.2, -0.15) is 0 Å². The molecule has 126 valence electrons. The molecule has 1 aromatic carbocycles. The van der Waals surface area contributed by atoms with Crippen molar-refractivity contribution >= 4 is 11.8 Å². The highest BCUT2D eigenvalue weighted by Gasteiger charge is 2.38. The van der Waals surface area contributed by atoms with Crippen molar-refractivity contribution in [2.75, 3.05) is 7.05 Å². The summed E-state index contributed by atoms with van der Waals surface area (Å²) in [6, 6.07) is 9.09. The zero-order valence-corrected chi connectivity index (χ0v) is 13.4. The van der Waals surface area contributed by atoms with E-state index < -0.39 is 6.04 Å². The van der Waals surface area contributed by atoms with Gasteiger partial charge in [-0.3, -0.25) is 9.59 Å². The number of piperidine rings is 1. The van der Waals surface area contributed by atoms with Gasteiger partial charge in [-0.1, -0.05) is 12.1 Å². The van der Waals surface area contributed by atoms with E-state index in [1.807, 2.05) is 0 Å². The van der Waals surface area contributed by atoms with Crippen molar-refractivity contribution in [3.8, 4) is 0 Å². The topological polar surface area (TPSA) is 62.6 Å². The van der Waals surface area contributed by atoms with E-state index in [2.05, 4.69) is 5.32 Å². The van der Waals surface area contributed by atoms with Gasteiger partial charge < -0.3 is 14.6 Å². The van der Waals surface area contributed by atoms with Crippen molar-refractivity contribution in [3.05, 3.63) is 59.8 Å². The van der Waals surface area contributed by atoms with Crippen molar-refractivity contribution in [1.29, 1.82) is 0 Å². The molecule has 5 nitrogen and oxygen atoms in total. The van der Waals surface area contributed by atoms with Gasteiger partial charge in [-0.05, 0) is 36.2 Å². The monoisotopic (exact) mass is 330 g/mol. The summed E-state index contributed by atoms with van der Waals surface area (Å²) >= 11 is 0. The fourth-order valence-corrected chi connectivity index (χ4v) is 3.15. The summed E-state index contributed by atoms with van der Waals surface area (Å²) in [7, 11) is 1.68. The Morgan fingerprint density at radius 1 is 1.33 bits per heavy atom. The minimum atomic E-state index is -0.400. The lowest BCUT2D eigenvalue weighted by Crippen LogP contribution is -2.46. The van der Waals surface area contributed by atoms with Crippen LogP contribution in [0.1, 0.15) is 30.2 Å². The molecule has 24 heavy (non-hydrogen) atoms. The Morgan fingerprint density at radius 3 is 2.75 bits per heavy atom. The van der Waals surface area contributed by atoms with Crippen LogP contribution in [0.3, 0.4) is 0 Å². The van der Waals surface area contributed by atoms with Crippen LogP contribution >= 0.6 is 0 Å². The van der Waals surface area contributed by atoms with Gasteiger partial charge in [0, 0.05) is 13.5 Å². The highest BCUT2D eigenvalue weighted by molar-refractivity contribution is 5.84. The van der Waals surface area contributed by atoms with Crippen LogP contribution in [0, 0.1) is 11.7 Å². The van der Waals surface area contributed by atoms with Gasteiger partial charge in [0.2, 0.25) is 11.8 Å². The number of carbonyl (C=O) groups excluding carboxylic acids is 2. The highest BCUT2D eigenvalue weighted by Crippen LogP contribution is 2.36. The second-order valence-electron chi connectivity index (χ2n) is 5.94. The van der Waals surface area contributed by atoms with Crippen LogP contribution < -0.4 is 5.32 Å². The van der Waals surface area contributed by atoms with Crippen LogP contribution in [0.5, 0.6) is 0 Å². The molecule has 6 heteroatoms. The predicted molar refractivity (Wildman–Crippen MR) is 85.2 cm³/mol. The van der Waals surface area contributed by atoms with E-state index in [0.717, 1.165) is 5.56 Å². The molecule has 0 aliphatic carbocycles. The molecule has 1 saturated heterocycles. The summed E-state index contributed by atoms with van der Waals surface area (Å²) in [5.74, 6) is -0.211. The lowest BCUT2D eigenvalue weighted by Gasteiger charge is -2.38. The van der Waals surface area contributed by atoms with Crippen LogP contribution in [-0.2, 0) is 16.1 Å². The van der Waals surface area contributed by atoms with Gasteiger partial charge in [-0.25, -0.2) is 4.39 Å². The van der Waals surface area contributed by atoms with Gasteiger partial charge in [0.1, 0.15) is 11.6 Å². The zero-order valence-electron chi connectivity index (χ0n) is 13.4. The lowest BCUT2D eigenvalue weighted by molar-refractivity contribution is -0.141. The smallest absolute Gasteiger partial charge is 0.225 e. The number of amides is 2. The normalized spacial score (nSPS) is 20.9. The van der Waals surface area contributed by atoms with Gasteiger partial charge in [-0.15, -0.1) is 0 Å². The van der Waals surface area contributed by atoms with E-state index in [4.69, 9.17) is 4.42 Å². The van der Waals surface area contributed by atoms with Crippen LogP contribution in [0.2, 0.25) is 0 Å². The first-order valence-electron chi connectivity index (χ1n) is 7.87. The molecular weight excluding hydrogens is 311 g/mol. The summed E-state index contributed by atoms with van der Waals surface area (Å²) in [4.78, 5) is 26.3. The van der Waals surface area contributed by atoms with E-state index in [1.54, 1.807) is 42.5 Å². The molecule has 2 heterocycles. The van der Waals surface area contributed by atoms with Crippen LogP contribution in [-0.4, -0.2) is 23.8 Å². The quantitative estimate of drug-likeness (QED) is 0.937. The highest BCUT2D eigenvalue weighted by atomic mass is 19.1. The number of hydrogen-bond acceptors (Lipinski definition) is 3. The number of likely N-dealkylation sites (tertiary alicyclic amines) is 1. The molecule has 1 N–H and O–H groups in total.